The van der Waals surface area contributed by atoms with Crippen LogP contribution in [0.5, 0.6) is 0 Å². The molecule has 2 aromatic rings. The second-order valence-corrected chi connectivity index (χ2v) is 10.1. The van der Waals surface area contributed by atoms with E-state index in [1.54, 1.807) is 0 Å². The molecule has 166 valence electrons. The van der Waals surface area contributed by atoms with E-state index < -0.39 is 0 Å². The number of piperidine rings is 2. The molecular weight excluding hydrogens is 410 g/mol. The Labute approximate surface area is 187 Å². The van der Waals surface area contributed by atoms with Gasteiger partial charge in [0.2, 0.25) is 5.91 Å². The monoisotopic (exact) mass is 441 g/mol. The minimum atomic E-state index is 0.0293. The SMILES string of the molecule is O=C(c1cccs1)N1CCC(C(=O)N2CCCC(c3nnc4n3CCCCC4)C2)CC1. The number of aryl methyl sites for hydroxylation is 1. The number of rotatable bonds is 3. The Bertz CT molecular complexity index is 917. The fraction of sp³-hybridized carbons (Fsp3) is 0.652. The zero-order valence-electron chi connectivity index (χ0n) is 18.0. The van der Waals surface area contributed by atoms with E-state index in [1.807, 2.05) is 22.4 Å². The van der Waals surface area contributed by atoms with E-state index in [2.05, 4.69) is 19.7 Å². The fourth-order valence-electron chi connectivity index (χ4n) is 5.34. The molecule has 5 rings (SSSR count). The van der Waals surface area contributed by atoms with Crippen LogP contribution in [0.3, 0.4) is 0 Å². The molecule has 0 saturated carbocycles. The van der Waals surface area contributed by atoms with Crippen molar-refractivity contribution in [1.29, 1.82) is 0 Å². The van der Waals surface area contributed by atoms with Crippen molar-refractivity contribution >= 4 is 23.2 Å². The van der Waals surface area contributed by atoms with Crippen molar-refractivity contribution in [2.75, 3.05) is 26.2 Å². The van der Waals surface area contributed by atoms with Gasteiger partial charge in [-0.15, -0.1) is 21.5 Å². The average Bonchev–Trinajstić information content (AvgIpc) is 3.44. The predicted octanol–water partition coefficient (Wildman–Crippen LogP) is 3.32. The Morgan fingerprint density at radius 2 is 1.81 bits per heavy atom. The van der Waals surface area contributed by atoms with Crippen molar-refractivity contribution in [2.45, 2.75) is 63.8 Å². The minimum Gasteiger partial charge on any atom is -0.342 e. The molecule has 7 nitrogen and oxygen atoms in total. The van der Waals surface area contributed by atoms with E-state index in [-0.39, 0.29) is 23.7 Å². The zero-order chi connectivity index (χ0) is 21.2. The number of nitrogens with zero attached hydrogens (tertiary/aromatic N) is 5. The molecule has 2 amide bonds. The van der Waals surface area contributed by atoms with Crippen LogP contribution >= 0.6 is 11.3 Å². The number of amides is 2. The van der Waals surface area contributed by atoms with Crippen LogP contribution in [0.2, 0.25) is 0 Å². The van der Waals surface area contributed by atoms with Crippen molar-refractivity contribution < 1.29 is 9.59 Å². The maximum atomic E-state index is 13.3. The third-order valence-electron chi connectivity index (χ3n) is 7.10. The summed E-state index contributed by atoms with van der Waals surface area (Å²) in [5.41, 5.74) is 0. The van der Waals surface area contributed by atoms with Crippen LogP contribution in [-0.2, 0) is 17.8 Å². The van der Waals surface area contributed by atoms with Gasteiger partial charge >= 0.3 is 0 Å². The van der Waals surface area contributed by atoms with Gasteiger partial charge in [0.25, 0.3) is 5.91 Å². The summed E-state index contributed by atoms with van der Waals surface area (Å²) in [5, 5.41) is 11.0. The number of thiophene rings is 1. The second-order valence-electron chi connectivity index (χ2n) is 9.10. The van der Waals surface area contributed by atoms with Crippen LogP contribution in [0.4, 0.5) is 0 Å². The van der Waals surface area contributed by atoms with E-state index >= 15 is 0 Å². The summed E-state index contributed by atoms with van der Waals surface area (Å²) in [6, 6.07) is 3.79. The van der Waals surface area contributed by atoms with Crippen LogP contribution in [0.25, 0.3) is 0 Å². The zero-order valence-corrected chi connectivity index (χ0v) is 18.9. The Morgan fingerprint density at radius 3 is 2.61 bits per heavy atom. The standard InChI is InChI=1S/C23H31N5O2S/c29-22(17-9-13-26(14-10-17)23(30)19-7-5-15-31-19)27-11-4-6-18(16-27)21-25-24-20-8-2-1-3-12-28(20)21/h5,7,15,17-18H,1-4,6,8-14,16H2. The molecule has 0 bridgehead atoms. The summed E-state index contributed by atoms with van der Waals surface area (Å²) in [5.74, 6) is 2.90. The van der Waals surface area contributed by atoms with Crippen LogP contribution in [0.15, 0.2) is 17.5 Å². The van der Waals surface area contributed by atoms with Gasteiger partial charge in [-0.2, -0.15) is 0 Å². The summed E-state index contributed by atoms with van der Waals surface area (Å²) in [4.78, 5) is 30.6. The normalized spacial score (nSPS) is 22.8. The maximum Gasteiger partial charge on any atom is 0.263 e. The minimum absolute atomic E-state index is 0.0293. The first-order valence-corrected chi connectivity index (χ1v) is 12.6. The molecule has 0 N–H and O–H groups in total. The number of aromatic nitrogens is 3. The van der Waals surface area contributed by atoms with E-state index in [4.69, 9.17) is 0 Å². The first kappa shape index (κ1) is 20.7. The van der Waals surface area contributed by atoms with E-state index in [1.165, 1.54) is 30.6 Å². The molecule has 1 atom stereocenters. The van der Waals surface area contributed by atoms with Gasteiger partial charge in [0, 0.05) is 51.0 Å². The summed E-state index contributed by atoms with van der Waals surface area (Å²) in [6.07, 6.45) is 8.28. The smallest absolute Gasteiger partial charge is 0.263 e. The molecule has 0 spiro atoms. The summed E-state index contributed by atoms with van der Waals surface area (Å²) in [6.45, 7) is 3.94. The largest absolute Gasteiger partial charge is 0.342 e. The lowest BCUT2D eigenvalue weighted by Gasteiger charge is -2.37. The molecule has 2 fully saturated rings. The molecule has 2 aromatic heterocycles. The lowest BCUT2D eigenvalue weighted by molar-refractivity contribution is -0.138. The van der Waals surface area contributed by atoms with Gasteiger partial charge in [-0.3, -0.25) is 9.59 Å². The number of likely N-dealkylation sites (tertiary alicyclic amines) is 2. The first-order valence-electron chi connectivity index (χ1n) is 11.7. The highest BCUT2D eigenvalue weighted by Crippen LogP contribution is 2.30. The molecule has 3 aliphatic rings. The number of carbonyl (C=O) groups is 2. The van der Waals surface area contributed by atoms with Gasteiger partial charge < -0.3 is 14.4 Å². The van der Waals surface area contributed by atoms with Crippen LogP contribution in [0, 0.1) is 5.92 Å². The first-order chi connectivity index (χ1) is 15.2. The Balaban J connectivity index is 1.20. The maximum absolute atomic E-state index is 13.3. The molecule has 8 heteroatoms. The molecule has 3 aliphatic heterocycles. The van der Waals surface area contributed by atoms with Crippen molar-refractivity contribution in [3.63, 3.8) is 0 Å². The topological polar surface area (TPSA) is 71.3 Å². The number of hydrogen-bond donors (Lipinski definition) is 0. The summed E-state index contributed by atoms with van der Waals surface area (Å²) < 4.78 is 2.33. The van der Waals surface area contributed by atoms with Gasteiger partial charge in [-0.1, -0.05) is 12.5 Å². The lowest BCUT2D eigenvalue weighted by Crippen LogP contribution is -2.47. The molecular formula is C23H31N5O2S. The van der Waals surface area contributed by atoms with Gasteiger partial charge in [0.15, 0.2) is 0 Å². The third-order valence-corrected chi connectivity index (χ3v) is 7.96. The summed E-state index contributed by atoms with van der Waals surface area (Å²) in [7, 11) is 0. The van der Waals surface area contributed by atoms with E-state index in [9.17, 15) is 9.59 Å². The van der Waals surface area contributed by atoms with Crippen LogP contribution in [-0.4, -0.2) is 62.6 Å². The van der Waals surface area contributed by atoms with Crippen molar-refractivity contribution in [3.8, 4) is 0 Å². The second kappa shape index (κ2) is 9.10. The van der Waals surface area contributed by atoms with Gasteiger partial charge in [-0.25, -0.2) is 0 Å². The van der Waals surface area contributed by atoms with Gasteiger partial charge in [-0.05, 0) is 50.0 Å². The van der Waals surface area contributed by atoms with Crippen molar-refractivity contribution in [1.82, 2.24) is 24.6 Å². The molecule has 5 heterocycles. The molecule has 1 unspecified atom stereocenters. The average molecular weight is 442 g/mol. The fourth-order valence-corrected chi connectivity index (χ4v) is 6.03. The van der Waals surface area contributed by atoms with E-state index in [0.29, 0.717) is 13.1 Å². The number of carbonyl (C=O) groups excluding carboxylic acids is 2. The highest BCUT2D eigenvalue weighted by Gasteiger charge is 2.34. The molecule has 0 aromatic carbocycles. The number of hydrogen-bond acceptors (Lipinski definition) is 5. The molecule has 0 radical (unpaired) electrons. The van der Waals surface area contributed by atoms with Gasteiger partial charge in [0.1, 0.15) is 11.6 Å². The van der Waals surface area contributed by atoms with E-state index in [0.717, 1.165) is 68.3 Å². The summed E-state index contributed by atoms with van der Waals surface area (Å²) >= 11 is 1.48. The van der Waals surface area contributed by atoms with Gasteiger partial charge in [0.05, 0.1) is 4.88 Å². The lowest BCUT2D eigenvalue weighted by atomic mass is 9.91. The molecule has 31 heavy (non-hydrogen) atoms. The Hall–Kier alpha value is -2.22. The van der Waals surface area contributed by atoms with Crippen LogP contribution < -0.4 is 0 Å². The highest BCUT2D eigenvalue weighted by molar-refractivity contribution is 7.12. The van der Waals surface area contributed by atoms with Crippen molar-refractivity contribution in [2.24, 2.45) is 5.92 Å². The van der Waals surface area contributed by atoms with Crippen molar-refractivity contribution in [3.05, 3.63) is 34.0 Å². The predicted molar refractivity (Wildman–Crippen MR) is 119 cm³/mol. The quantitative estimate of drug-likeness (QED) is 0.733. The Morgan fingerprint density at radius 1 is 0.935 bits per heavy atom. The molecule has 0 aliphatic carbocycles. The number of fused-ring (bicyclic) bond motifs is 1. The highest BCUT2D eigenvalue weighted by atomic mass is 32.1. The molecule has 2 saturated heterocycles. The van der Waals surface area contributed by atoms with Crippen LogP contribution in [0.1, 0.15) is 72.2 Å². The third kappa shape index (κ3) is 4.27. The Kier molecular flexibility index (Phi) is 6.07.